The Balaban J connectivity index is 0.000000178. The molecule has 2 N–H and O–H groups in total. The second-order valence-electron chi connectivity index (χ2n) is 7.26. The van der Waals surface area contributed by atoms with Gasteiger partial charge in [0.2, 0.25) is 0 Å². The zero-order valence-corrected chi connectivity index (χ0v) is 13.1. The summed E-state index contributed by atoms with van der Waals surface area (Å²) in [4.78, 5) is 0. The first-order valence-electron chi connectivity index (χ1n) is 9.12. The second-order valence-corrected chi connectivity index (χ2v) is 7.26. The van der Waals surface area contributed by atoms with Gasteiger partial charge in [-0.15, -0.1) is 0 Å². The Labute approximate surface area is 125 Å². The fourth-order valence-electron chi connectivity index (χ4n) is 4.26. The largest absolute Gasteiger partial charge is 0.393 e. The SMILES string of the molecule is OC1CCC(C2CCCCC2)CC1.OC1CCCCC1. The molecule has 0 heterocycles. The van der Waals surface area contributed by atoms with Crippen LogP contribution in [0, 0.1) is 11.8 Å². The van der Waals surface area contributed by atoms with Crippen LogP contribution in [0.25, 0.3) is 0 Å². The summed E-state index contributed by atoms with van der Waals surface area (Å²) in [6.45, 7) is 0. The van der Waals surface area contributed by atoms with Crippen LogP contribution in [0.5, 0.6) is 0 Å². The van der Waals surface area contributed by atoms with Gasteiger partial charge in [-0.3, -0.25) is 0 Å². The van der Waals surface area contributed by atoms with E-state index in [2.05, 4.69) is 0 Å². The first-order chi connectivity index (χ1) is 9.75. The quantitative estimate of drug-likeness (QED) is 0.747. The van der Waals surface area contributed by atoms with Gasteiger partial charge in [-0.25, -0.2) is 0 Å². The van der Waals surface area contributed by atoms with Gasteiger partial charge in [-0.2, -0.15) is 0 Å². The number of hydrogen-bond donors (Lipinski definition) is 2. The molecule has 2 heteroatoms. The number of rotatable bonds is 1. The molecule has 3 saturated carbocycles. The van der Waals surface area contributed by atoms with Gasteiger partial charge in [-0.05, 0) is 50.4 Å². The smallest absolute Gasteiger partial charge is 0.0540 e. The predicted molar refractivity (Wildman–Crippen MR) is 83.6 cm³/mol. The molecular formula is C18H34O2. The van der Waals surface area contributed by atoms with E-state index in [4.69, 9.17) is 5.11 Å². The zero-order valence-electron chi connectivity index (χ0n) is 13.1. The zero-order chi connectivity index (χ0) is 14.2. The van der Waals surface area contributed by atoms with E-state index in [0.717, 1.165) is 37.5 Å². The maximum absolute atomic E-state index is 9.43. The summed E-state index contributed by atoms with van der Waals surface area (Å²) < 4.78 is 0. The Hall–Kier alpha value is -0.0800. The third kappa shape index (κ3) is 5.73. The van der Waals surface area contributed by atoms with Crippen molar-refractivity contribution in [3.63, 3.8) is 0 Å². The molecule has 20 heavy (non-hydrogen) atoms. The van der Waals surface area contributed by atoms with Gasteiger partial charge in [-0.1, -0.05) is 51.4 Å². The molecule has 0 amide bonds. The number of hydrogen-bond acceptors (Lipinski definition) is 2. The van der Waals surface area contributed by atoms with E-state index in [0.29, 0.717) is 0 Å². The van der Waals surface area contributed by atoms with Crippen LogP contribution in [0.1, 0.15) is 89.9 Å². The molecule has 0 bridgehead atoms. The highest BCUT2D eigenvalue weighted by atomic mass is 16.3. The summed E-state index contributed by atoms with van der Waals surface area (Å²) in [7, 11) is 0. The summed E-state index contributed by atoms with van der Waals surface area (Å²) in [5.41, 5.74) is 0. The summed E-state index contributed by atoms with van der Waals surface area (Å²) >= 11 is 0. The van der Waals surface area contributed by atoms with Crippen LogP contribution in [0.2, 0.25) is 0 Å². The van der Waals surface area contributed by atoms with Crippen molar-refractivity contribution in [2.24, 2.45) is 11.8 Å². The van der Waals surface area contributed by atoms with Crippen molar-refractivity contribution in [2.75, 3.05) is 0 Å². The van der Waals surface area contributed by atoms with Crippen molar-refractivity contribution in [2.45, 2.75) is 102 Å². The van der Waals surface area contributed by atoms with Crippen molar-refractivity contribution in [1.82, 2.24) is 0 Å². The van der Waals surface area contributed by atoms with Gasteiger partial charge in [0.05, 0.1) is 12.2 Å². The molecule has 3 aliphatic rings. The van der Waals surface area contributed by atoms with E-state index in [1.807, 2.05) is 0 Å². The van der Waals surface area contributed by atoms with Crippen molar-refractivity contribution in [1.29, 1.82) is 0 Å². The summed E-state index contributed by atoms with van der Waals surface area (Å²) in [6, 6.07) is 0. The highest BCUT2D eigenvalue weighted by Crippen LogP contribution is 2.38. The number of aliphatic hydroxyl groups is 2. The van der Waals surface area contributed by atoms with E-state index in [9.17, 15) is 5.11 Å². The van der Waals surface area contributed by atoms with Gasteiger partial charge in [0.1, 0.15) is 0 Å². The van der Waals surface area contributed by atoms with Crippen LogP contribution in [-0.2, 0) is 0 Å². The molecule has 0 unspecified atom stereocenters. The van der Waals surface area contributed by atoms with Crippen molar-refractivity contribution >= 4 is 0 Å². The van der Waals surface area contributed by atoms with Gasteiger partial charge in [0.25, 0.3) is 0 Å². The molecule has 0 atom stereocenters. The van der Waals surface area contributed by atoms with Crippen molar-refractivity contribution in [3.05, 3.63) is 0 Å². The third-order valence-corrected chi connectivity index (χ3v) is 5.63. The summed E-state index contributed by atoms with van der Waals surface area (Å²) in [6.07, 6.45) is 18.0. The number of aliphatic hydroxyl groups excluding tert-OH is 2. The molecule has 3 rings (SSSR count). The lowest BCUT2D eigenvalue weighted by Gasteiger charge is -2.34. The van der Waals surface area contributed by atoms with Crippen molar-refractivity contribution < 1.29 is 10.2 Å². The van der Waals surface area contributed by atoms with Gasteiger partial charge < -0.3 is 10.2 Å². The lowest BCUT2D eigenvalue weighted by molar-refractivity contribution is 0.0822. The predicted octanol–water partition coefficient (Wildman–Crippen LogP) is 4.43. The maximum Gasteiger partial charge on any atom is 0.0540 e. The molecule has 0 spiro atoms. The van der Waals surface area contributed by atoms with Crippen LogP contribution in [0.3, 0.4) is 0 Å². The highest BCUT2D eigenvalue weighted by Gasteiger charge is 2.27. The average Bonchev–Trinajstić information content (AvgIpc) is 2.50. The molecule has 2 nitrogen and oxygen atoms in total. The van der Waals surface area contributed by atoms with Gasteiger partial charge >= 0.3 is 0 Å². The Morgan fingerprint density at radius 3 is 1.25 bits per heavy atom. The molecule has 3 aliphatic carbocycles. The van der Waals surface area contributed by atoms with Crippen molar-refractivity contribution in [3.8, 4) is 0 Å². The Bertz CT molecular complexity index is 234. The van der Waals surface area contributed by atoms with Crippen LogP contribution >= 0.6 is 0 Å². The van der Waals surface area contributed by atoms with E-state index < -0.39 is 0 Å². The summed E-state index contributed by atoms with van der Waals surface area (Å²) in [5.74, 6) is 1.98. The van der Waals surface area contributed by atoms with Gasteiger partial charge in [0.15, 0.2) is 0 Å². The molecule has 0 aromatic rings. The Kier molecular flexibility index (Phi) is 7.37. The molecule has 3 fully saturated rings. The van der Waals surface area contributed by atoms with E-state index in [1.165, 1.54) is 64.2 Å². The normalized spacial score (nSPS) is 33.3. The van der Waals surface area contributed by atoms with Crippen LogP contribution in [0.4, 0.5) is 0 Å². The molecule has 118 valence electrons. The minimum absolute atomic E-state index is 0.0276. The lowest BCUT2D eigenvalue weighted by atomic mass is 9.73. The minimum Gasteiger partial charge on any atom is -0.393 e. The Morgan fingerprint density at radius 1 is 0.400 bits per heavy atom. The molecule has 0 aliphatic heterocycles. The first kappa shape index (κ1) is 16.3. The minimum atomic E-state index is 0.0276. The fraction of sp³-hybridized carbons (Fsp3) is 1.00. The van der Waals surface area contributed by atoms with E-state index in [1.54, 1.807) is 0 Å². The standard InChI is InChI=1S/C12H22O.C6H12O/c13-12-8-6-11(7-9-12)10-4-2-1-3-5-10;7-6-4-2-1-3-5-6/h10-13H,1-9H2;6-7H,1-5H2. The summed E-state index contributed by atoms with van der Waals surface area (Å²) in [5, 5.41) is 18.3. The highest BCUT2D eigenvalue weighted by molar-refractivity contribution is 4.79. The fourth-order valence-corrected chi connectivity index (χ4v) is 4.26. The third-order valence-electron chi connectivity index (χ3n) is 5.63. The molecular weight excluding hydrogens is 248 g/mol. The molecule has 0 aromatic carbocycles. The van der Waals surface area contributed by atoms with Crippen LogP contribution in [-0.4, -0.2) is 22.4 Å². The average molecular weight is 282 g/mol. The molecule has 0 saturated heterocycles. The maximum atomic E-state index is 9.43. The second kappa shape index (κ2) is 9.04. The topological polar surface area (TPSA) is 40.5 Å². The van der Waals surface area contributed by atoms with Crippen LogP contribution in [0.15, 0.2) is 0 Å². The van der Waals surface area contributed by atoms with Gasteiger partial charge in [0, 0.05) is 0 Å². The first-order valence-corrected chi connectivity index (χ1v) is 9.12. The molecule has 0 aromatic heterocycles. The van der Waals surface area contributed by atoms with Crippen LogP contribution < -0.4 is 0 Å². The lowest BCUT2D eigenvalue weighted by Crippen LogP contribution is -2.25. The Morgan fingerprint density at radius 2 is 0.800 bits per heavy atom. The van der Waals surface area contributed by atoms with E-state index >= 15 is 0 Å². The monoisotopic (exact) mass is 282 g/mol. The molecule has 0 radical (unpaired) electrons. The van der Waals surface area contributed by atoms with E-state index in [-0.39, 0.29) is 12.2 Å².